The fraction of sp³-hybridized carbons (Fsp3) is 0.971. The summed E-state index contributed by atoms with van der Waals surface area (Å²) in [5.74, 6) is 2.75. The Morgan fingerprint density at radius 1 is 0.579 bits per heavy atom. The van der Waals surface area contributed by atoms with Crippen molar-refractivity contribution in [2.24, 2.45) is 34.0 Å². The minimum Gasteiger partial charge on any atom is -0.306 e. The lowest BCUT2D eigenvalue weighted by molar-refractivity contribution is 0.112. The summed E-state index contributed by atoms with van der Waals surface area (Å²) in [6, 6.07) is 2.21. The largest absolute Gasteiger partial charge is 0.306 e. The van der Waals surface area contributed by atoms with Crippen molar-refractivity contribution in [2.75, 3.05) is 59.4 Å². The standard InChI is InChI=1S/C12H22N2.C12H25N.C10H21N/c1-12(2,3)11-5-9-14(10-6-11)8-4-7-13;1-5-8-13-9-6-11(7-10-13)12(2,3)4;1-10(2,3)9-5-7-11(4)8-6-9/h11H,4-6,8-10H2,1-3H3;11H,5-10H2,1-4H3;9H,5-8H2,1-4H3. The molecule has 3 aliphatic heterocycles. The van der Waals surface area contributed by atoms with Crippen molar-refractivity contribution in [3.63, 3.8) is 0 Å². The minimum absolute atomic E-state index is 0.460. The third-order valence-corrected chi connectivity index (χ3v) is 9.65. The molecular weight excluding hydrogens is 464 g/mol. The molecule has 0 radical (unpaired) electrons. The first-order valence-corrected chi connectivity index (χ1v) is 16.1. The van der Waals surface area contributed by atoms with Gasteiger partial charge in [-0.2, -0.15) is 5.26 Å². The Kier molecular flexibility index (Phi) is 15.5. The van der Waals surface area contributed by atoms with Crippen LogP contribution in [0.1, 0.15) is 121 Å². The SMILES string of the molecule is CC(C)(C)C1CCN(CCC#N)CC1.CCCN1CCC(C(C)(C)C)CC1.CN1CCC(C(C)(C)C)CC1. The van der Waals surface area contributed by atoms with E-state index < -0.39 is 0 Å². The molecule has 0 N–H and O–H groups in total. The van der Waals surface area contributed by atoms with Crippen molar-refractivity contribution in [2.45, 2.75) is 121 Å². The van der Waals surface area contributed by atoms with Gasteiger partial charge in [-0.15, -0.1) is 0 Å². The van der Waals surface area contributed by atoms with E-state index in [9.17, 15) is 0 Å². The van der Waals surface area contributed by atoms with Gasteiger partial charge in [0, 0.05) is 13.0 Å². The number of piperidine rings is 3. The number of likely N-dealkylation sites (tertiary alicyclic amines) is 3. The molecule has 4 nitrogen and oxygen atoms in total. The second kappa shape index (κ2) is 16.6. The molecule has 0 bridgehead atoms. The summed E-state index contributed by atoms with van der Waals surface area (Å²) in [6.45, 7) is 33.4. The highest BCUT2D eigenvalue weighted by Gasteiger charge is 2.29. The normalized spacial score (nSPS) is 22.2. The maximum absolute atomic E-state index is 8.50. The number of nitriles is 1. The van der Waals surface area contributed by atoms with Crippen LogP contribution >= 0.6 is 0 Å². The highest BCUT2D eigenvalue weighted by Crippen LogP contribution is 2.35. The predicted molar refractivity (Wildman–Crippen MR) is 167 cm³/mol. The fourth-order valence-electron chi connectivity index (χ4n) is 6.44. The Morgan fingerprint density at radius 3 is 1.18 bits per heavy atom. The summed E-state index contributed by atoms with van der Waals surface area (Å²) in [5, 5.41) is 8.50. The van der Waals surface area contributed by atoms with Gasteiger partial charge < -0.3 is 14.7 Å². The van der Waals surface area contributed by atoms with Crippen molar-refractivity contribution in [1.29, 1.82) is 5.26 Å². The maximum atomic E-state index is 8.50. The molecule has 0 saturated carbocycles. The first-order chi connectivity index (χ1) is 17.6. The predicted octanol–water partition coefficient (Wildman–Crippen LogP) is 8.19. The van der Waals surface area contributed by atoms with E-state index in [-0.39, 0.29) is 0 Å². The summed E-state index contributed by atoms with van der Waals surface area (Å²) >= 11 is 0. The van der Waals surface area contributed by atoms with E-state index >= 15 is 0 Å². The Hall–Kier alpha value is -0.630. The molecule has 0 aromatic rings. The van der Waals surface area contributed by atoms with Gasteiger partial charge >= 0.3 is 0 Å². The van der Waals surface area contributed by atoms with Gasteiger partial charge in [0.1, 0.15) is 0 Å². The van der Waals surface area contributed by atoms with Gasteiger partial charge in [-0.05, 0) is 132 Å². The van der Waals surface area contributed by atoms with E-state index in [1.165, 1.54) is 90.8 Å². The molecule has 0 spiro atoms. The Labute approximate surface area is 239 Å². The van der Waals surface area contributed by atoms with Crippen molar-refractivity contribution in [3.8, 4) is 6.07 Å². The monoisotopic (exact) mass is 533 g/mol. The van der Waals surface area contributed by atoms with Gasteiger partial charge in [0.05, 0.1) is 6.07 Å². The lowest BCUT2D eigenvalue weighted by Crippen LogP contribution is -2.38. The van der Waals surface area contributed by atoms with Gasteiger partial charge in [-0.25, -0.2) is 0 Å². The van der Waals surface area contributed by atoms with Crippen LogP contribution in [-0.2, 0) is 0 Å². The molecule has 0 aromatic carbocycles. The highest BCUT2D eigenvalue weighted by molar-refractivity contribution is 4.83. The third kappa shape index (κ3) is 14.1. The van der Waals surface area contributed by atoms with Gasteiger partial charge in [0.2, 0.25) is 0 Å². The van der Waals surface area contributed by atoms with Crippen LogP contribution in [0.4, 0.5) is 0 Å². The second-order valence-corrected chi connectivity index (χ2v) is 15.8. The molecule has 3 heterocycles. The summed E-state index contributed by atoms with van der Waals surface area (Å²) in [6.07, 6.45) is 10.2. The maximum Gasteiger partial charge on any atom is 0.0635 e. The molecule has 3 fully saturated rings. The fourth-order valence-corrected chi connectivity index (χ4v) is 6.44. The van der Waals surface area contributed by atoms with Crippen molar-refractivity contribution in [3.05, 3.63) is 0 Å². The van der Waals surface area contributed by atoms with Crippen molar-refractivity contribution < 1.29 is 0 Å². The molecule has 3 aliphatic rings. The van der Waals surface area contributed by atoms with E-state index in [0.29, 0.717) is 22.7 Å². The molecule has 3 rings (SSSR count). The topological polar surface area (TPSA) is 33.5 Å². The molecule has 38 heavy (non-hydrogen) atoms. The quantitative estimate of drug-likeness (QED) is 0.365. The van der Waals surface area contributed by atoms with Crippen LogP contribution in [0.15, 0.2) is 0 Å². The molecule has 4 heteroatoms. The molecule has 0 aliphatic carbocycles. The molecule has 0 aromatic heterocycles. The zero-order valence-electron chi connectivity index (χ0n) is 27.8. The molecule has 0 amide bonds. The van der Waals surface area contributed by atoms with Gasteiger partial charge in [0.15, 0.2) is 0 Å². The number of hydrogen-bond donors (Lipinski definition) is 0. The lowest BCUT2D eigenvalue weighted by atomic mass is 9.75. The zero-order valence-corrected chi connectivity index (χ0v) is 27.8. The van der Waals surface area contributed by atoms with Crippen LogP contribution in [0.3, 0.4) is 0 Å². The summed E-state index contributed by atoms with van der Waals surface area (Å²) in [5.41, 5.74) is 1.51. The Morgan fingerprint density at radius 2 is 0.895 bits per heavy atom. The molecule has 3 saturated heterocycles. The van der Waals surface area contributed by atoms with Gasteiger partial charge in [-0.1, -0.05) is 69.2 Å². The molecule has 0 atom stereocenters. The average molecular weight is 533 g/mol. The van der Waals surface area contributed by atoms with Crippen LogP contribution in [0.2, 0.25) is 0 Å². The van der Waals surface area contributed by atoms with Crippen molar-refractivity contribution in [1.82, 2.24) is 14.7 Å². The van der Waals surface area contributed by atoms with Crippen LogP contribution in [0.25, 0.3) is 0 Å². The van der Waals surface area contributed by atoms with Gasteiger partial charge in [0.25, 0.3) is 0 Å². The molecule has 0 unspecified atom stereocenters. The van der Waals surface area contributed by atoms with Crippen LogP contribution in [0, 0.1) is 45.3 Å². The molecular formula is C34H68N4. The van der Waals surface area contributed by atoms with E-state index in [2.05, 4.69) is 97.1 Å². The van der Waals surface area contributed by atoms with Crippen molar-refractivity contribution >= 4 is 0 Å². The Bertz CT molecular complexity index is 636. The van der Waals surface area contributed by atoms with E-state index in [4.69, 9.17) is 5.26 Å². The summed E-state index contributed by atoms with van der Waals surface area (Å²) < 4.78 is 0. The van der Waals surface area contributed by atoms with Crippen LogP contribution in [-0.4, -0.2) is 74.1 Å². The number of hydrogen-bond acceptors (Lipinski definition) is 4. The third-order valence-electron chi connectivity index (χ3n) is 9.65. The number of rotatable bonds is 4. The van der Waals surface area contributed by atoms with E-state index in [1.54, 1.807) is 0 Å². The molecule has 224 valence electrons. The lowest BCUT2D eigenvalue weighted by Gasteiger charge is -2.38. The summed E-state index contributed by atoms with van der Waals surface area (Å²) in [7, 11) is 2.22. The highest BCUT2D eigenvalue weighted by atomic mass is 15.1. The van der Waals surface area contributed by atoms with E-state index in [0.717, 1.165) is 24.3 Å². The minimum atomic E-state index is 0.460. The Balaban J connectivity index is 0.000000287. The summed E-state index contributed by atoms with van der Waals surface area (Å²) in [4.78, 5) is 7.47. The van der Waals surface area contributed by atoms with Crippen LogP contribution < -0.4 is 0 Å². The average Bonchev–Trinajstić information content (AvgIpc) is 2.83. The smallest absolute Gasteiger partial charge is 0.0635 e. The van der Waals surface area contributed by atoms with E-state index in [1.807, 2.05) is 0 Å². The van der Waals surface area contributed by atoms with Gasteiger partial charge in [-0.3, -0.25) is 0 Å². The number of nitrogens with zero attached hydrogens (tertiary/aromatic N) is 4. The van der Waals surface area contributed by atoms with Crippen LogP contribution in [0.5, 0.6) is 0 Å². The second-order valence-electron chi connectivity index (χ2n) is 15.8. The first-order valence-electron chi connectivity index (χ1n) is 16.1. The first kappa shape index (κ1) is 35.4. The zero-order chi connectivity index (χ0) is 29.0.